The summed E-state index contributed by atoms with van der Waals surface area (Å²) in [6, 6.07) is 1.54. The van der Waals surface area contributed by atoms with Crippen LogP contribution in [0.25, 0.3) is 0 Å². The summed E-state index contributed by atoms with van der Waals surface area (Å²) in [7, 11) is -4.32. The topological polar surface area (TPSA) is 208 Å². The molecule has 7 rings (SSSR count). The van der Waals surface area contributed by atoms with Crippen LogP contribution >= 0.6 is 0 Å². The fourth-order valence-corrected chi connectivity index (χ4v) is 9.93. The number of sulfonamides is 1. The predicted octanol–water partition coefficient (Wildman–Crippen LogP) is 4.88. The zero-order valence-electron chi connectivity index (χ0n) is 34.0. The number of aliphatic imine (C=N–C) groups is 1. The van der Waals surface area contributed by atoms with Crippen molar-refractivity contribution in [2.24, 2.45) is 28.2 Å². The van der Waals surface area contributed by atoms with Gasteiger partial charge in [-0.25, -0.2) is 35.8 Å². The molecule has 3 saturated carbocycles. The first-order valence-corrected chi connectivity index (χ1v) is 21.9. The van der Waals surface area contributed by atoms with Crippen LogP contribution in [-0.4, -0.2) is 103 Å². The highest BCUT2D eigenvalue weighted by Gasteiger charge is 2.68. The number of hydrogen-bond acceptors (Lipinski definition) is 11. The van der Waals surface area contributed by atoms with E-state index in [2.05, 4.69) is 20.9 Å². The largest absolute Gasteiger partial charge is 0.473 e. The Labute approximate surface area is 345 Å². The van der Waals surface area contributed by atoms with Crippen molar-refractivity contribution in [1.29, 1.82) is 5.26 Å². The van der Waals surface area contributed by atoms with Crippen molar-refractivity contribution in [2.45, 2.75) is 145 Å². The van der Waals surface area contributed by atoms with Gasteiger partial charge in [-0.1, -0.05) is 34.1 Å². The minimum atomic E-state index is -4.32. The van der Waals surface area contributed by atoms with Gasteiger partial charge in [-0.3, -0.25) is 19.1 Å². The normalized spacial score (nSPS) is 33.3. The Balaban J connectivity index is 1.28. The van der Waals surface area contributed by atoms with Crippen molar-refractivity contribution in [3.05, 3.63) is 23.8 Å². The lowest BCUT2D eigenvalue weighted by Gasteiger charge is -2.36. The molecule has 20 heteroatoms. The van der Waals surface area contributed by atoms with Crippen LogP contribution < -0.4 is 20.7 Å². The maximum Gasteiger partial charge on any atom is 0.408 e. The lowest BCUT2D eigenvalue weighted by molar-refractivity contribution is -0.144. The molecule has 3 heterocycles. The van der Waals surface area contributed by atoms with E-state index in [0.29, 0.717) is 19.3 Å². The van der Waals surface area contributed by atoms with Crippen molar-refractivity contribution in [3.8, 4) is 6.07 Å². The molecule has 0 radical (unpaired) electrons. The second kappa shape index (κ2) is 15.4. The van der Waals surface area contributed by atoms with Gasteiger partial charge in [0.1, 0.15) is 29.8 Å². The Kier molecular flexibility index (Phi) is 11.1. The third-order valence-corrected chi connectivity index (χ3v) is 15.1. The minimum Gasteiger partial charge on any atom is -0.473 e. The summed E-state index contributed by atoms with van der Waals surface area (Å²) in [4.78, 5) is 62.0. The molecule has 3 aliphatic carbocycles. The first kappa shape index (κ1) is 43.4. The fourth-order valence-electron chi connectivity index (χ4n) is 8.61. The minimum absolute atomic E-state index is 0.0480. The van der Waals surface area contributed by atoms with Gasteiger partial charge in [-0.15, -0.1) is 0 Å². The zero-order valence-corrected chi connectivity index (χ0v) is 34.8. The van der Waals surface area contributed by atoms with Gasteiger partial charge in [0.2, 0.25) is 34.2 Å². The number of carbonyl (C=O) groups is 4. The van der Waals surface area contributed by atoms with Gasteiger partial charge in [0.25, 0.3) is 11.8 Å². The summed E-state index contributed by atoms with van der Waals surface area (Å²) < 4.78 is 100. The van der Waals surface area contributed by atoms with Gasteiger partial charge in [0.05, 0.1) is 40.2 Å². The van der Waals surface area contributed by atoms with Crippen molar-refractivity contribution in [3.63, 3.8) is 0 Å². The number of anilines is 1. The number of carbonyl (C=O) groups excluding carboxylic acids is 4. The summed E-state index contributed by atoms with van der Waals surface area (Å²) >= 11 is 0. The quantitative estimate of drug-likeness (QED) is 0.273. The number of ether oxygens (including phenoxy) is 2. The first-order valence-electron chi connectivity index (χ1n) is 20.4. The standard InChI is InChI=1S/C40H51F4N7O8S/c1-6-22-27-19-51(28(22)32(52)49-39(17-23(39)31(41)42)35(54)50-60(56,57)38(5)13-14-38)34(53)30(37(2,3)4)48-36(55)59-26-16-21(26)9-7-8-12-40(43,44)29-33(58-27)47-25-15-20(18-45)10-11-24(25)46-29/h10-11,15,21-23,26-31,46H,6-9,12-14,16-17,19H2,1-5H3,(H,48,55)(H,49,52)(H,50,54)/t21-,22-,23+,26-,27+,28+,29?,30-,39-/m1/s1. The summed E-state index contributed by atoms with van der Waals surface area (Å²) in [5.41, 5.74) is -2.82. The van der Waals surface area contributed by atoms with Crippen molar-refractivity contribution >= 4 is 51.1 Å². The zero-order chi connectivity index (χ0) is 43.7. The number of hydrogen-bond donors (Lipinski definition) is 4. The molecule has 2 bridgehead atoms. The van der Waals surface area contributed by atoms with Crippen LogP contribution in [0.3, 0.4) is 0 Å². The molecule has 5 fully saturated rings. The lowest BCUT2D eigenvalue weighted by Crippen LogP contribution is -2.61. The molecule has 328 valence electrons. The van der Waals surface area contributed by atoms with Crippen molar-refractivity contribution in [1.82, 2.24) is 20.3 Å². The summed E-state index contributed by atoms with van der Waals surface area (Å²) in [6.45, 7) is 7.60. The maximum atomic E-state index is 16.4. The van der Waals surface area contributed by atoms with Crippen LogP contribution in [0.5, 0.6) is 0 Å². The number of alkyl carbamates (subject to hydrolysis) is 1. The molecule has 4 amide bonds. The molecular weight excluding hydrogens is 815 g/mol. The van der Waals surface area contributed by atoms with E-state index in [1.54, 1.807) is 27.7 Å². The Morgan fingerprint density at radius 3 is 2.43 bits per heavy atom. The molecule has 0 spiro atoms. The maximum absolute atomic E-state index is 16.4. The molecule has 9 atom stereocenters. The van der Waals surface area contributed by atoms with Gasteiger partial charge >= 0.3 is 6.09 Å². The van der Waals surface area contributed by atoms with Crippen LogP contribution in [0.1, 0.15) is 98.0 Å². The summed E-state index contributed by atoms with van der Waals surface area (Å²) in [5, 5.41) is 17.4. The van der Waals surface area contributed by atoms with Crippen LogP contribution in [0.2, 0.25) is 0 Å². The van der Waals surface area contributed by atoms with E-state index in [9.17, 15) is 41.6 Å². The van der Waals surface area contributed by atoms with E-state index >= 15 is 8.78 Å². The van der Waals surface area contributed by atoms with Gasteiger partial charge in [0, 0.05) is 12.3 Å². The van der Waals surface area contributed by atoms with Crippen molar-refractivity contribution in [2.75, 3.05) is 11.9 Å². The number of nitrogens with one attached hydrogen (secondary N) is 4. The number of rotatable bonds is 7. The number of halogens is 4. The molecule has 2 saturated heterocycles. The van der Waals surface area contributed by atoms with Crippen LogP contribution in [0.15, 0.2) is 23.2 Å². The van der Waals surface area contributed by atoms with Crippen molar-refractivity contribution < 1.29 is 54.6 Å². The van der Waals surface area contributed by atoms with Gasteiger partial charge in [-0.2, -0.15) is 5.26 Å². The third-order valence-electron chi connectivity index (χ3n) is 12.9. The molecule has 1 aromatic carbocycles. The number of alkyl halides is 4. The second-order valence-corrected chi connectivity index (χ2v) is 20.6. The highest BCUT2D eigenvalue weighted by molar-refractivity contribution is 7.91. The molecule has 60 heavy (non-hydrogen) atoms. The molecule has 15 nitrogen and oxygen atoms in total. The average molecular weight is 866 g/mol. The monoisotopic (exact) mass is 865 g/mol. The van der Waals surface area contributed by atoms with E-state index in [-0.39, 0.29) is 48.5 Å². The molecule has 3 aliphatic heterocycles. The van der Waals surface area contributed by atoms with Gasteiger partial charge < -0.3 is 30.3 Å². The highest BCUT2D eigenvalue weighted by atomic mass is 32.2. The average Bonchev–Trinajstić information content (AvgIpc) is 4.12. The Morgan fingerprint density at radius 2 is 1.82 bits per heavy atom. The van der Waals surface area contributed by atoms with E-state index in [0.717, 1.165) is 4.90 Å². The van der Waals surface area contributed by atoms with Gasteiger partial charge in [0.15, 0.2) is 6.04 Å². The number of benzene rings is 1. The number of nitrogens with zero attached hydrogens (tertiary/aromatic N) is 3. The lowest BCUT2D eigenvalue weighted by atomic mass is 9.85. The SMILES string of the molecule is CC[C@@H]1[C@@H]2CN(C(=O)[C@H](C(C)(C)C)NC(=O)O[C@@H]3C[C@H]3CCCCC(F)(F)C3Nc4ccc(C#N)cc4N=C3O2)[C@@H]1C(=O)N[C@]1(C(=O)NS(=O)(=O)C2(C)CC2)C[C@H]1C(F)F. The highest BCUT2D eigenvalue weighted by Crippen LogP contribution is 2.50. The number of fused-ring (bicyclic) bond motifs is 5. The predicted molar refractivity (Wildman–Crippen MR) is 208 cm³/mol. The van der Waals surface area contributed by atoms with Crippen LogP contribution in [-0.2, 0) is 33.9 Å². The van der Waals surface area contributed by atoms with E-state index in [1.807, 2.05) is 10.8 Å². The molecule has 6 aliphatic rings. The fraction of sp³-hybridized carbons (Fsp3) is 0.700. The third kappa shape index (κ3) is 8.22. The molecule has 0 aromatic heterocycles. The molecule has 4 N–H and O–H groups in total. The smallest absolute Gasteiger partial charge is 0.408 e. The summed E-state index contributed by atoms with van der Waals surface area (Å²) in [6.07, 6.45) is -4.86. The second-order valence-electron chi connectivity index (χ2n) is 18.4. The van der Waals surface area contributed by atoms with E-state index in [4.69, 9.17) is 9.47 Å². The Bertz CT molecular complexity index is 2120. The van der Waals surface area contributed by atoms with Gasteiger partial charge in [-0.05, 0) is 81.4 Å². The molecular formula is C40H51F4N7O8S. The molecule has 1 aromatic rings. The number of nitriles is 1. The molecule has 1 unspecified atom stereocenters. The number of amides is 4. The van der Waals surface area contributed by atoms with Crippen LogP contribution in [0, 0.1) is 34.5 Å². The van der Waals surface area contributed by atoms with E-state index < -0.39 is 129 Å². The Hall–Kier alpha value is -4.67. The van der Waals surface area contributed by atoms with Crippen LogP contribution in [0.4, 0.5) is 33.7 Å². The Morgan fingerprint density at radius 1 is 1.10 bits per heavy atom. The first-order chi connectivity index (χ1) is 28.0. The van der Waals surface area contributed by atoms with E-state index in [1.165, 1.54) is 25.1 Å². The summed E-state index contributed by atoms with van der Waals surface area (Å²) in [5.74, 6) is -10.0.